The molecule has 4 rings (SSSR count). The molecule has 0 radical (unpaired) electrons. The quantitative estimate of drug-likeness (QED) is 0.263. The van der Waals surface area contributed by atoms with Gasteiger partial charge in [-0.15, -0.1) is 0 Å². The first kappa shape index (κ1) is 24.2. The van der Waals surface area contributed by atoms with Crippen molar-refractivity contribution in [2.24, 2.45) is 0 Å². The highest BCUT2D eigenvalue weighted by Gasteiger charge is 2.11. The topological polar surface area (TPSA) is 91.8 Å². The Morgan fingerprint density at radius 1 is 0.686 bits per heavy atom. The van der Waals surface area contributed by atoms with E-state index in [1.165, 1.54) is 28.5 Å². The smallest absolute Gasteiger partial charge is 0.233 e. The average molecular weight is 485 g/mol. The molecule has 1 amide bonds. The molecule has 35 heavy (non-hydrogen) atoms. The minimum Gasteiger partial charge on any atom is -0.351 e. The van der Waals surface area contributed by atoms with E-state index in [2.05, 4.69) is 30.9 Å². The molecule has 0 aliphatic heterocycles. The van der Waals surface area contributed by atoms with Crippen LogP contribution in [0.25, 0.3) is 0 Å². The van der Waals surface area contributed by atoms with Crippen molar-refractivity contribution in [2.75, 3.05) is 16.4 Å². The van der Waals surface area contributed by atoms with Gasteiger partial charge in [0, 0.05) is 17.9 Å². The van der Waals surface area contributed by atoms with Crippen LogP contribution in [0.1, 0.15) is 22.3 Å². The number of nitrogens with zero attached hydrogens (tertiary/aromatic N) is 3. The molecule has 3 aromatic carbocycles. The van der Waals surface area contributed by atoms with E-state index >= 15 is 0 Å². The molecule has 0 fully saturated rings. The van der Waals surface area contributed by atoms with E-state index in [-0.39, 0.29) is 11.7 Å². The Bertz CT molecular complexity index is 1210. The van der Waals surface area contributed by atoms with Crippen molar-refractivity contribution in [1.29, 1.82) is 0 Å². The molecule has 0 unspecified atom stereocenters. The fraction of sp³-hybridized carbons (Fsp3) is 0.185. The summed E-state index contributed by atoms with van der Waals surface area (Å²) in [6.45, 7) is 6.60. The molecule has 0 saturated heterocycles. The Morgan fingerprint density at radius 2 is 1.14 bits per heavy atom. The number of carbonyl (C=O) groups excluding carboxylic acids is 1. The van der Waals surface area contributed by atoms with Gasteiger partial charge >= 0.3 is 0 Å². The van der Waals surface area contributed by atoms with Gasteiger partial charge in [0.2, 0.25) is 17.8 Å². The first-order chi connectivity index (χ1) is 16.9. The summed E-state index contributed by atoms with van der Waals surface area (Å²) in [4.78, 5) is 26.0. The minimum atomic E-state index is -0.0860. The molecule has 0 aliphatic carbocycles. The summed E-state index contributed by atoms with van der Waals surface area (Å²) in [6.07, 6.45) is 0. The van der Waals surface area contributed by atoms with Gasteiger partial charge < -0.3 is 16.0 Å². The Kier molecular flexibility index (Phi) is 7.95. The van der Waals surface area contributed by atoms with Crippen LogP contribution in [0.2, 0.25) is 0 Å². The summed E-state index contributed by atoms with van der Waals surface area (Å²) in [5.41, 5.74) is 6.32. The molecular formula is C27H28N6OS. The zero-order valence-corrected chi connectivity index (χ0v) is 20.8. The van der Waals surface area contributed by atoms with Crippen LogP contribution in [-0.2, 0) is 11.3 Å². The molecule has 3 N–H and O–H groups in total. The predicted octanol–water partition coefficient (Wildman–Crippen LogP) is 5.69. The lowest BCUT2D eigenvalue weighted by Crippen LogP contribution is -2.24. The van der Waals surface area contributed by atoms with Crippen LogP contribution in [0.5, 0.6) is 0 Å². The number of thioether (sulfide) groups is 1. The van der Waals surface area contributed by atoms with Crippen molar-refractivity contribution < 1.29 is 4.79 Å². The summed E-state index contributed by atoms with van der Waals surface area (Å²) in [5, 5.41) is 9.86. The Labute approximate surface area is 209 Å². The van der Waals surface area contributed by atoms with E-state index in [0.717, 1.165) is 16.9 Å². The maximum Gasteiger partial charge on any atom is 0.233 e. The third-order valence-corrected chi connectivity index (χ3v) is 6.02. The van der Waals surface area contributed by atoms with Gasteiger partial charge in [0.25, 0.3) is 0 Å². The molecule has 1 heterocycles. The van der Waals surface area contributed by atoms with Gasteiger partial charge in [-0.3, -0.25) is 4.79 Å². The van der Waals surface area contributed by atoms with Crippen molar-refractivity contribution in [3.63, 3.8) is 0 Å². The second-order valence-electron chi connectivity index (χ2n) is 8.30. The molecule has 0 atom stereocenters. The first-order valence-corrected chi connectivity index (χ1v) is 12.3. The Balaban J connectivity index is 1.45. The number of benzene rings is 3. The first-order valence-electron chi connectivity index (χ1n) is 11.3. The molecular weight excluding hydrogens is 456 g/mol. The third-order valence-electron chi connectivity index (χ3n) is 5.17. The molecule has 0 saturated carbocycles. The maximum absolute atomic E-state index is 12.4. The molecule has 1 aromatic heterocycles. The number of carbonyl (C=O) groups is 1. The summed E-state index contributed by atoms with van der Waals surface area (Å²) in [6, 6.07) is 24.0. The fourth-order valence-electron chi connectivity index (χ4n) is 3.15. The highest BCUT2D eigenvalue weighted by molar-refractivity contribution is 7.99. The van der Waals surface area contributed by atoms with E-state index in [4.69, 9.17) is 0 Å². The van der Waals surface area contributed by atoms with Gasteiger partial charge in [-0.05, 0) is 50.6 Å². The molecule has 0 bridgehead atoms. The number of rotatable bonds is 9. The molecule has 0 spiro atoms. The van der Waals surface area contributed by atoms with Gasteiger partial charge in [-0.1, -0.05) is 77.0 Å². The number of nitrogens with one attached hydrogen (secondary N) is 3. The highest BCUT2D eigenvalue weighted by atomic mass is 32.2. The van der Waals surface area contributed by atoms with Crippen LogP contribution >= 0.6 is 11.8 Å². The van der Waals surface area contributed by atoms with Crippen LogP contribution in [0.3, 0.4) is 0 Å². The number of amides is 1. The van der Waals surface area contributed by atoms with E-state index in [9.17, 15) is 4.79 Å². The van der Waals surface area contributed by atoms with Gasteiger partial charge in [0.15, 0.2) is 5.16 Å². The van der Waals surface area contributed by atoms with E-state index in [1.807, 2.05) is 93.6 Å². The van der Waals surface area contributed by atoms with Crippen LogP contribution < -0.4 is 16.0 Å². The minimum absolute atomic E-state index is 0.0860. The standard InChI is InChI=1S/C27H28N6OS/c1-18-4-10-21(11-5-18)16-28-24(34)17-35-27-32-25(29-22-12-6-19(2)7-13-22)31-26(33-27)30-23-14-8-20(3)9-15-23/h4-15H,16-17H2,1-3H3,(H,28,34)(H2,29,30,31,32,33). The molecule has 0 aliphatic rings. The maximum atomic E-state index is 12.4. The summed E-state index contributed by atoms with van der Waals surface area (Å²) in [7, 11) is 0. The van der Waals surface area contributed by atoms with Crippen LogP contribution in [0, 0.1) is 20.8 Å². The SMILES string of the molecule is Cc1ccc(CNC(=O)CSc2nc(Nc3ccc(C)cc3)nc(Nc3ccc(C)cc3)n2)cc1. The monoisotopic (exact) mass is 484 g/mol. The summed E-state index contributed by atoms with van der Waals surface area (Å²) < 4.78 is 0. The Morgan fingerprint density at radius 3 is 1.63 bits per heavy atom. The van der Waals surface area contributed by atoms with E-state index in [1.54, 1.807) is 0 Å². The number of aryl methyl sites for hydroxylation is 3. The summed E-state index contributed by atoms with van der Waals surface area (Å²) in [5.74, 6) is 0.920. The lowest BCUT2D eigenvalue weighted by molar-refractivity contribution is -0.118. The van der Waals surface area contributed by atoms with Crippen LogP contribution in [0.15, 0.2) is 78.0 Å². The van der Waals surface area contributed by atoms with Gasteiger partial charge in [-0.25, -0.2) is 0 Å². The second-order valence-corrected chi connectivity index (χ2v) is 9.24. The zero-order valence-electron chi connectivity index (χ0n) is 20.0. The number of aromatic nitrogens is 3. The molecule has 4 aromatic rings. The number of anilines is 4. The van der Waals surface area contributed by atoms with Crippen molar-refractivity contribution in [1.82, 2.24) is 20.3 Å². The molecule has 8 heteroatoms. The lowest BCUT2D eigenvalue weighted by atomic mass is 10.1. The van der Waals surface area contributed by atoms with Crippen molar-refractivity contribution in [2.45, 2.75) is 32.5 Å². The predicted molar refractivity (Wildman–Crippen MR) is 143 cm³/mol. The molecule has 7 nitrogen and oxygen atoms in total. The van der Waals surface area contributed by atoms with Crippen molar-refractivity contribution in [3.05, 3.63) is 95.1 Å². The normalized spacial score (nSPS) is 10.6. The zero-order chi connectivity index (χ0) is 24.6. The number of hydrogen-bond acceptors (Lipinski definition) is 7. The van der Waals surface area contributed by atoms with Crippen molar-refractivity contribution >= 4 is 40.9 Å². The van der Waals surface area contributed by atoms with Crippen LogP contribution in [-0.4, -0.2) is 26.6 Å². The van der Waals surface area contributed by atoms with E-state index < -0.39 is 0 Å². The lowest BCUT2D eigenvalue weighted by Gasteiger charge is -2.11. The van der Waals surface area contributed by atoms with Crippen molar-refractivity contribution in [3.8, 4) is 0 Å². The summed E-state index contributed by atoms with van der Waals surface area (Å²) >= 11 is 1.27. The van der Waals surface area contributed by atoms with Gasteiger partial charge in [0.1, 0.15) is 0 Å². The average Bonchev–Trinajstić information content (AvgIpc) is 2.85. The largest absolute Gasteiger partial charge is 0.351 e. The Hall–Kier alpha value is -3.91. The highest BCUT2D eigenvalue weighted by Crippen LogP contribution is 2.22. The third kappa shape index (κ3) is 7.55. The molecule has 178 valence electrons. The fourth-order valence-corrected chi connectivity index (χ4v) is 3.82. The second kappa shape index (κ2) is 11.5. The number of hydrogen-bond donors (Lipinski definition) is 3. The van der Waals surface area contributed by atoms with Crippen LogP contribution in [0.4, 0.5) is 23.3 Å². The van der Waals surface area contributed by atoms with Gasteiger partial charge in [-0.2, -0.15) is 15.0 Å². The van der Waals surface area contributed by atoms with Gasteiger partial charge in [0.05, 0.1) is 5.75 Å². The van der Waals surface area contributed by atoms with E-state index in [0.29, 0.717) is 23.6 Å².